The Kier molecular flexibility index (Phi) is 6.57. The summed E-state index contributed by atoms with van der Waals surface area (Å²) in [4.78, 5) is 22.1. The minimum absolute atomic E-state index is 0.414. The van der Waals surface area contributed by atoms with E-state index in [-0.39, 0.29) is 0 Å². The molecule has 4 N–H and O–H groups in total. The highest BCUT2D eigenvalue weighted by atomic mass is 35.5. The molecule has 0 spiro atoms. The van der Waals surface area contributed by atoms with Crippen molar-refractivity contribution in [1.29, 1.82) is 0 Å². The van der Waals surface area contributed by atoms with Crippen molar-refractivity contribution in [2.75, 3.05) is 44.3 Å². The van der Waals surface area contributed by atoms with E-state index in [0.717, 1.165) is 51.7 Å². The van der Waals surface area contributed by atoms with E-state index in [0.29, 0.717) is 28.9 Å². The Balaban J connectivity index is 1.12. The molecule has 1 aliphatic carbocycles. The second kappa shape index (κ2) is 10.4. The molecule has 9 nitrogen and oxygen atoms in total. The van der Waals surface area contributed by atoms with Gasteiger partial charge < -0.3 is 25.5 Å². The number of H-pyrrole nitrogens is 1. The van der Waals surface area contributed by atoms with Crippen LogP contribution < -0.4 is 11.1 Å². The molecule has 2 aliphatic rings. The molecule has 2 fully saturated rings. The summed E-state index contributed by atoms with van der Waals surface area (Å²) in [7, 11) is 2.22. The van der Waals surface area contributed by atoms with Gasteiger partial charge in [-0.25, -0.2) is 15.0 Å². The van der Waals surface area contributed by atoms with Crippen molar-refractivity contribution in [3.8, 4) is 11.1 Å². The monoisotopic (exact) mass is 555 g/mol. The third-order valence-electron chi connectivity index (χ3n) is 8.66. The van der Waals surface area contributed by atoms with Crippen LogP contribution in [0.25, 0.3) is 33.2 Å². The lowest BCUT2D eigenvalue weighted by molar-refractivity contribution is 0.0828. The number of hydrogen-bond donors (Lipinski definition) is 3. The molecule has 7 rings (SSSR count). The van der Waals surface area contributed by atoms with Gasteiger partial charge in [0.2, 0.25) is 5.95 Å². The van der Waals surface area contributed by atoms with Crippen LogP contribution in [0.3, 0.4) is 0 Å². The Morgan fingerprint density at radius 1 is 0.950 bits per heavy atom. The predicted octanol–water partition coefficient (Wildman–Crippen LogP) is 5.68. The summed E-state index contributed by atoms with van der Waals surface area (Å²) in [5.74, 6) is 1.19. The second-order valence-electron chi connectivity index (χ2n) is 11.2. The van der Waals surface area contributed by atoms with E-state index in [4.69, 9.17) is 22.3 Å². The molecule has 4 heterocycles. The Bertz CT molecular complexity index is 1640. The summed E-state index contributed by atoms with van der Waals surface area (Å²) in [5.41, 5.74) is 12.2. The molecule has 0 atom stereocenters. The van der Waals surface area contributed by atoms with Gasteiger partial charge in [0.15, 0.2) is 0 Å². The average molecular weight is 556 g/mol. The molecule has 1 saturated heterocycles. The number of likely N-dealkylation sites (N-methyl/N-ethyl adjacent to an activating group) is 1. The number of anilines is 3. The van der Waals surface area contributed by atoms with Crippen molar-refractivity contribution < 1.29 is 0 Å². The van der Waals surface area contributed by atoms with E-state index in [1.54, 1.807) is 6.33 Å². The number of aromatic amines is 1. The first kappa shape index (κ1) is 25.3. The first-order chi connectivity index (χ1) is 19.5. The van der Waals surface area contributed by atoms with Crippen LogP contribution in [0.15, 0.2) is 55.0 Å². The molecule has 3 aromatic heterocycles. The zero-order valence-corrected chi connectivity index (χ0v) is 23.4. The number of nitrogens with two attached hydrogens (primary N) is 1. The van der Waals surface area contributed by atoms with Gasteiger partial charge in [-0.15, -0.1) is 0 Å². The largest absolute Gasteiger partial charge is 0.383 e. The van der Waals surface area contributed by atoms with Crippen molar-refractivity contribution in [3.05, 3.63) is 60.0 Å². The molecule has 206 valence electrons. The summed E-state index contributed by atoms with van der Waals surface area (Å²) >= 11 is 6.12. The number of nitrogens with zero attached hydrogens (tertiary/aromatic N) is 6. The van der Waals surface area contributed by atoms with Crippen LogP contribution in [0.4, 0.5) is 17.5 Å². The van der Waals surface area contributed by atoms with Crippen LogP contribution in [-0.4, -0.2) is 73.6 Å². The van der Waals surface area contributed by atoms with Crippen LogP contribution >= 0.6 is 11.6 Å². The zero-order chi connectivity index (χ0) is 27.2. The Hall–Kier alpha value is -3.66. The molecule has 1 aliphatic heterocycles. The number of imidazole rings is 1. The van der Waals surface area contributed by atoms with Gasteiger partial charge >= 0.3 is 0 Å². The van der Waals surface area contributed by atoms with Crippen molar-refractivity contribution in [2.45, 2.75) is 37.8 Å². The third-order valence-corrected chi connectivity index (χ3v) is 8.89. The van der Waals surface area contributed by atoms with E-state index in [1.165, 1.54) is 39.0 Å². The van der Waals surface area contributed by atoms with Gasteiger partial charge in [-0.1, -0.05) is 23.7 Å². The molecule has 5 aromatic rings. The fourth-order valence-corrected chi connectivity index (χ4v) is 6.58. The molecular weight excluding hydrogens is 522 g/mol. The normalized spacial score (nSPS) is 20.9. The fraction of sp³-hybridized carbons (Fsp3) is 0.367. The van der Waals surface area contributed by atoms with Gasteiger partial charge in [0.1, 0.15) is 17.8 Å². The van der Waals surface area contributed by atoms with Gasteiger partial charge in [0, 0.05) is 60.7 Å². The van der Waals surface area contributed by atoms with Crippen molar-refractivity contribution in [1.82, 2.24) is 34.3 Å². The summed E-state index contributed by atoms with van der Waals surface area (Å²) in [6, 6.07) is 15.1. The number of nitrogen functional groups attached to an aromatic ring is 1. The van der Waals surface area contributed by atoms with E-state index in [2.05, 4.69) is 72.1 Å². The van der Waals surface area contributed by atoms with Crippen molar-refractivity contribution in [3.63, 3.8) is 0 Å². The lowest BCUT2D eigenvalue weighted by atomic mass is 9.89. The highest BCUT2D eigenvalue weighted by Gasteiger charge is 2.30. The number of aromatic nitrogens is 5. The SMILES string of the molecule is CN1CCN(C2CCC(n3cc(-c4ccc(Nc5nc6ccc(Cl)cc6[nH]5)cc4)c4c(N)ncnc43)CC2)CC1. The van der Waals surface area contributed by atoms with Gasteiger partial charge in [-0.2, -0.15) is 0 Å². The summed E-state index contributed by atoms with van der Waals surface area (Å²) < 4.78 is 2.36. The standard InChI is InChI=1S/C30H34ClN9/c1-38-12-14-39(15-13-38)22-7-9-23(10-8-22)40-17-24(27-28(32)33-18-34-29(27)40)19-2-5-21(6-3-19)35-30-36-25-11-4-20(31)16-26(25)37-30/h2-6,11,16-18,22-23H,7-10,12-15H2,1H3,(H2,32,33,34)(H2,35,36,37). The molecule has 10 heteroatoms. The smallest absolute Gasteiger partial charge is 0.205 e. The van der Waals surface area contributed by atoms with Crippen molar-refractivity contribution >= 4 is 51.1 Å². The van der Waals surface area contributed by atoms with Crippen molar-refractivity contribution in [2.24, 2.45) is 0 Å². The lowest BCUT2D eigenvalue weighted by Crippen LogP contribution is -2.49. The van der Waals surface area contributed by atoms with Crippen LogP contribution in [0.5, 0.6) is 0 Å². The number of halogens is 1. The van der Waals surface area contributed by atoms with Crippen LogP contribution in [0.1, 0.15) is 31.7 Å². The summed E-state index contributed by atoms with van der Waals surface area (Å²) in [6.07, 6.45) is 8.56. The zero-order valence-electron chi connectivity index (χ0n) is 22.6. The minimum atomic E-state index is 0.414. The quantitative estimate of drug-likeness (QED) is 0.256. The topological polar surface area (TPSA) is 104 Å². The Labute approximate surface area is 238 Å². The predicted molar refractivity (Wildman–Crippen MR) is 162 cm³/mol. The maximum Gasteiger partial charge on any atom is 0.205 e. The number of piperazine rings is 1. The van der Waals surface area contributed by atoms with Crippen LogP contribution in [0, 0.1) is 0 Å². The minimum Gasteiger partial charge on any atom is -0.383 e. The molecule has 0 radical (unpaired) electrons. The molecule has 2 aromatic carbocycles. The third kappa shape index (κ3) is 4.78. The van der Waals surface area contributed by atoms with E-state index in [9.17, 15) is 0 Å². The van der Waals surface area contributed by atoms with Gasteiger partial charge in [0.05, 0.1) is 16.4 Å². The summed E-state index contributed by atoms with van der Waals surface area (Å²) in [6.45, 7) is 4.70. The highest BCUT2D eigenvalue weighted by molar-refractivity contribution is 6.31. The Morgan fingerprint density at radius 2 is 1.70 bits per heavy atom. The number of hydrogen-bond acceptors (Lipinski definition) is 7. The second-order valence-corrected chi connectivity index (χ2v) is 11.6. The summed E-state index contributed by atoms with van der Waals surface area (Å²) in [5, 5.41) is 4.97. The van der Waals surface area contributed by atoms with E-state index in [1.807, 2.05) is 18.2 Å². The molecule has 40 heavy (non-hydrogen) atoms. The molecule has 0 amide bonds. The maximum absolute atomic E-state index is 6.44. The molecular formula is C30H34ClN9. The lowest BCUT2D eigenvalue weighted by Gasteiger charge is -2.41. The van der Waals surface area contributed by atoms with Gasteiger partial charge in [0.25, 0.3) is 0 Å². The average Bonchev–Trinajstić information content (AvgIpc) is 3.56. The van der Waals surface area contributed by atoms with Gasteiger partial charge in [-0.05, 0) is 68.6 Å². The maximum atomic E-state index is 6.44. The first-order valence-electron chi connectivity index (χ1n) is 14.1. The number of benzene rings is 2. The number of nitrogens with one attached hydrogen (secondary N) is 2. The Morgan fingerprint density at radius 3 is 2.48 bits per heavy atom. The number of rotatable bonds is 5. The molecule has 0 bridgehead atoms. The fourth-order valence-electron chi connectivity index (χ4n) is 6.41. The van der Waals surface area contributed by atoms with Crippen LogP contribution in [0.2, 0.25) is 5.02 Å². The molecule has 1 saturated carbocycles. The molecule has 0 unspecified atom stereocenters. The number of fused-ring (bicyclic) bond motifs is 2. The van der Waals surface area contributed by atoms with Crippen LogP contribution in [-0.2, 0) is 0 Å². The highest BCUT2D eigenvalue weighted by Crippen LogP contribution is 2.39. The van der Waals surface area contributed by atoms with E-state index >= 15 is 0 Å². The first-order valence-corrected chi connectivity index (χ1v) is 14.5. The van der Waals surface area contributed by atoms with Gasteiger partial charge in [-0.3, -0.25) is 4.90 Å². The van der Waals surface area contributed by atoms with E-state index < -0.39 is 0 Å².